The molecule has 3 rings (SSSR count). The molecule has 6 nitrogen and oxygen atoms in total. The van der Waals surface area contributed by atoms with Crippen molar-refractivity contribution in [2.24, 2.45) is 0 Å². The Morgan fingerprint density at radius 3 is 2.32 bits per heavy atom. The SMILES string of the molecule is Nc1ccc(C(=O)N2CCN(CC(=O)NC3CC3)CC2)cc1. The van der Waals surface area contributed by atoms with Crippen LogP contribution in [-0.4, -0.2) is 60.4 Å². The van der Waals surface area contributed by atoms with Gasteiger partial charge in [-0.2, -0.15) is 0 Å². The van der Waals surface area contributed by atoms with Crippen LogP contribution < -0.4 is 11.1 Å². The highest BCUT2D eigenvalue weighted by atomic mass is 16.2. The number of nitrogens with one attached hydrogen (secondary N) is 1. The molecule has 22 heavy (non-hydrogen) atoms. The first-order valence-corrected chi connectivity index (χ1v) is 7.78. The maximum Gasteiger partial charge on any atom is 0.253 e. The van der Waals surface area contributed by atoms with Gasteiger partial charge in [-0.3, -0.25) is 14.5 Å². The Kier molecular flexibility index (Phi) is 4.29. The van der Waals surface area contributed by atoms with Crippen molar-refractivity contribution in [3.05, 3.63) is 29.8 Å². The summed E-state index contributed by atoms with van der Waals surface area (Å²) in [4.78, 5) is 28.1. The van der Waals surface area contributed by atoms with E-state index in [1.54, 1.807) is 24.3 Å². The van der Waals surface area contributed by atoms with Crippen molar-refractivity contribution in [2.45, 2.75) is 18.9 Å². The van der Waals surface area contributed by atoms with Gasteiger partial charge < -0.3 is 16.0 Å². The van der Waals surface area contributed by atoms with E-state index < -0.39 is 0 Å². The molecule has 1 aromatic rings. The summed E-state index contributed by atoms with van der Waals surface area (Å²) in [5, 5.41) is 2.99. The van der Waals surface area contributed by atoms with Crippen molar-refractivity contribution in [3.8, 4) is 0 Å². The Bertz CT molecular complexity index is 546. The lowest BCUT2D eigenvalue weighted by atomic mass is 10.1. The summed E-state index contributed by atoms with van der Waals surface area (Å²) < 4.78 is 0. The molecule has 1 saturated heterocycles. The minimum atomic E-state index is 0.0297. The molecule has 1 aromatic carbocycles. The second kappa shape index (κ2) is 6.36. The van der Waals surface area contributed by atoms with E-state index in [9.17, 15) is 9.59 Å². The Balaban J connectivity index is 1.47. The molecule has 6 heteroatoms. The zero-order valence-corrected chi connectivity index (χ0v) is 12.6. The van der Waals surface area contributed by atoms with Gasteiger partial charge in [-0.25, -0.2) is 0 Å². The lowest BCUT2D eigenvalue weighted by Crippen LogP contribution is -2.51. The number of hydrogen-bond donors (Lipinski definition) is 2. The predicted octanol–water partition coefficient (Wildman–Crippen LogP) is 0.305. The largest absolute Gasteiger partial charge is 0.399 e. The van der Waals surface area contributed by atoms with Crippen LogP contribution in [0.2, 0.25) is 0 Å². The molecule has 0 spiro atoms. The fraction of sp³-hybridized carbons (Fsp3) is 0.500. The van der Waals surface area contributed by atoms with Gasteiger partial charge in [0.1, 0.15) is 0 Å². The number of benzene rings is 1. The van der Waals surface area contributed by atoms with Gasteiger partial charge in [-0.1, -0.05) is 0 Å². The molecule has 1 saturated carbocycles. The standard InChI is InChI=1S/C16H22N4O2/c17-13-3-1-12(2-4-13)16(22)20-9-7-19(8-10-20)11-15(21)18-14-5-6-14/h1-4,14H,5-11,17H2,(H,18,21). The van der Waals surface area contributed by atoms with Gasteiger partial charge in [0.2, 0.25) is 5.91 Å². The van der Waals surface area contributed by atoms with Gasteiger partial charge >= 0.3 is 0 Å². The molecular formula is C16H22N4O2. The number of carbonyl (C=O) groups excluding carboxylic acids is 2. The molecule has 2 amide bonds. The molecule has 0 aromatic heterocycles. The van der Waals surface area contributed by atoms with E-state index >= 15 is 0 Å². The van der Waals surface area contributed by atoms with E-state index in [0.717, 1.165) is 25.9 Å². The summed E-state index contributed by atoms with van der Waals surface area (Å²) in [6, 6.07) is 7.40. The van der Waals surface area contributed by atoms with Crippen LogP contribution in [0.25, 0.3) is 0 Å². The van der Waals surface area contributed by atoms with Crippen LogP contribution in [0.15, 0.2) is 24.3 Å². The van der Waals surface area contributed by atoms with Crippen molar-refractivity contribution in [1.82, 2.24) is 15.1 Å². The van der Waals surface area contributed by atoms with Crippen LogP contribution in [0.5, 0.6) is 0 Å². The van der Waals surface area contributed by atoms with Gasteiger partial charge in [-0.15, -0.1) is 0 Å². The van der Waals surface area contributed by atoms with Gasteiger partial charge in [0.25, 0.3) is 5.91 Å². The number of anilines is 1. The minimum absolute atomic E-state index is 0.0297. The molecule has 1 heterocycles. The number of nitrogens with zero attached hydrogens (tertiary/aromatic N) is 2. The van der Waals surface area contributed by atoms with E-state index in [2.05, 4.69) is 10.2 Å². The second-order valence-corrected chi connectivity index (χ2v) is 6.03. The maximum absolute atomic E-state index is 12.4. The number of piperazine rings is 1. The number of amides is 2. The van der Waals surface area contributed by atoms with Crippen LogP contribution in [0.4, 0.5) is 5.69 Å². The first-order valence-electron chi connectivity index (χ1n) is 7.78. The molecule has 0 radical (unpaired) electrons. The van der Waals surface area contributed by atoms with Gasteiger partial charge in [-0.05, 0) is 37.1 Å². The summed E-state index contributed by atoms with van der Waals surface area (Å²) in [5.41, 5.74) is 6.96. The molecule has 118 valence electrons. The Hall–Kier alpha value is -2.08. The molecule has 0 atom stereocenters. The van der Waals surface area contributed by atoms with Crippen LogP contribution in [0.3, 0.4) is 0 Å². The summed E-state index contributed by atoms with van der Waals surface area (Å²) >= 11 is 0. The fourth-order valence-electron chi connectivity index (χ4n) is 2.62. The third-order valence-corrected chi connectivity index (χ3v) is 4.13. The van der Waals surface area contributed by atoms with E-state index in [0.29, 0.717) is 36.9 Å². The molecule has 0 bridgehead atoms. The van der Waals surface area contributed by atoms with Crippen molar-refractivity contribution in [3.63, 3.8) is 0 Å². The van der Waals surface area contributed by atoms with Crippen LogP contribution >= 0.6 is 0 Å². The maximum atomic E-state index is 12.4. The number of hydrogen-bond acceptors (Lipinski definition) is 4. The zero-order valence-electron chi connectivity index (χ0n) is 12.6. The number of rotatable bonds is 4. The Morgan fingerprint density at radius 2 is 1.73 bits per heavy atom. The first kappa shape index (κ1) is 14.8. The highest BCUT2D eigenvalue weighted by molar-refractivity contribution is 5.94. The quantitative estimate of drug-likeness (QED) is 0.784. The fourth-order valence-corrected chi connectivity index (χ4v) is 2.62. The van der Waals surface area contributed by atoms with Crippen molar-refractivity contribution in [1.29, 1.82) is 0 Å². The highest BCUT2D eigenvalue weighted by Gasteiger charge is 2.26. The van der Waals surface area contributed by atoms with Gasteiger partial charge in [0, 0.05) is 43.5 Å². The first-order chi connectivity index (χ1) is 10.6. The van der Waals surface area contributed by atoms with E-state index in [1.165, 1.54) is 0 Å². The Labute approximate surface area is 130 Å². The molecule has 0 unspecified atom stereocenters. The number of carbonyl (C=O) groups is 2. The number of nitrogen functional groups attached to an aromatic ring is 1. The summed E-state index contributed by atoms with van der Waals surface area (Å²) in [6.45, 7) is 3.21. The van der Waals surface area contributed by atoms with E-state index in [-0.39, 0.29) is 11.8 Å². The van der Waals surface area contributed by atoms with Crippen LogP contribution in [0, 0.1) is 0 Å². The molecular weight excluding hydrogens is 280 g/mol. The summed E-state index contributed by atoms with van der Waals surface area (Å²) in [7, 11) is 0. The molecule has 2 fully saturated rings. The lowest BCUT2D eigenvalue weighted by Gasteiger charge is -2.34. The average molecular weight is 302 g/mol. The second-order valence-electron chi connectivity index (χ2n) is 6.03. The van der Waals surface area contributed by atoms with Crippen molar-refractivity contribution < 1.29 is 9.59 Å². The van der Waals surface area contributed by atoms with Gasteiger partial charge in [0.05, 0.1) is 6.54 Å². The zero-order chi connectivity index (χ0) is 15.5. The van der Waals surface area contributed by atoms with Crippen molar-refractivity contribution >= 4 is 17.5 Å². The van der Waals surface area contributed by atoms with Crippen LogP contribution in [-0.2, 0) is 4.79 Å². The third kappa shape index (κ3) is 3.76. The van der Waals surface area contributed by atoms with Crippen molar-refractivity contribution in [2.75, 3.05) is 38.5 Å². The van der Waals surface area contributed by atoms with Crippen LogP contribution in [0.1, 0.15) is 23.2 Å². The highest BCUT2D eigenvalue weighted by Crippen LogP contribution is 2.18. The van der Waals surface area contributed by atoms with E-state index in [1.807, 2.05) is 4.90 Å². The summed E-state index contributed by atoms with van der Waals surface area (Å²) in [6.07, 6.45) is 2.21. The predicted molar refractivity (Wildman–Crippen MR) is 84.4 cm³/mol. The minimum Gasteiger partial charge on any atom is -0.399 e. The van der Waals surface area contributed by atoms with E-state index in [4.69, 9.17) is 5.73 Å². The summed E-state index contributed by atoms with van der Waals surface area (Å²) in [5.74, 6) is 0.128. The Morgan fingerprint density at radius 1 is 1.09 bits per heavy atom. The van der Waals surface area contributed by atoms with Gasteiger partial charge in [0.15, 0.2) is 0 Å². The number of nitrogens with two attached hydrogens (primary N) is 1. The lowest BCUT2D eigenvalue weighted by molar-refractivity contribution is -0.122. The molecule has 1 aliphatic heterocycles. The third-order valence-electron chi connectivity index (χ3n) is 4.13. The smallest absolute Gasteiger partial charge is 0.253 e. The molecule has 1 aliphatic carbocycles. The monoisotopic (exact) mass is 302 g/mol. The molecule has 2 aliphatic rings. The average Bonchev–Trinajstić information content (AvgIpc) is 3.32. The normalized spacial score (nSPS) is 19.0. The topological polar surface area (TPSA) is 78.7 Å². The molecule has 3 N–H and O–H groups in total.